The second kappa shape index (κ2) is 9.96. The number of hydrogen-bond acceptors (Lipinski definition) is 5. The standard InChI is InChI=1S/C21H25ClFN3O5S2/c1-25(32(2,28)29)17-6-3-5-16(13-17)24-21(27)15-9-11-26(12-10-15)33(30,31)14-18-19(22)7-4-8-20(18)23/h3-8,13,15H,9-12,14H2,1-2H3,(H,24,27). The molecule has 0 unspecified atom stereocenters. The van der Waals surface area contributed by atoms with Crippen LogP contribution in [-0.4, -0.2) is 53.4 Å². The van der Waals surface area contributed by atoms with Crippen LogP contribution in [0.25, 0.3) is 0 Å². The van der Waals surface area contributed by atoms with Gasteiger partial charge in [0, 0.05) is 42.3 Å². The van der Waals surface area contributed by atoms with Crippen molar-refractivity contribution >= 4 is 48.9 Å². The summed E-state index contributed by atoms with van der Waals surface area (Å²) in [5.41, 5.74) is 0.776. The van der Waals surface area contributed by atoms with Crippen molar-refractivity contribution in [2.24, 2.45) is 5.92 Å². The molecule has 12 heteroatoms. The summed E-state index contributed by atoms with van der Waals surface area (Å²) >= 11 is 5.96. The highest BCUT2D eigenvalue weighted by Crippen LogP contribution is 2.27. The van der Waals surface area contributed by atoms with E-state index in [9.17, 15) is 26.0 Å². The molecule has 0 atom stereocenters. The Morgan fingerprint density at radius 2 is 1.79 bits per heavy atom. The number of piperidine rings is 1. The summed E-state index contributed by atoms with van der Waals surface area (Å²) in [5, 5.41) is 2.82. The van der Waals surface area contributed by atoms with Crippen molar-refractivity contribution in [3.05, 3.63) is 58.9 Å². The molecule has 1 fully saturated rings. The van der Waals surface area contributed by atoms with Crippen molar-refractivity contribution < 1.29 is 26.0 Å². The Balaban J connectivity index is 1.61. The summed E-state index contributed by atoms with van der Waals surface area (Å²) in [6.07, 6.45) is 1.69. The number of halogens is 2. The van der Waals surface area contributed by atoms with Crippen LogP contribution in [0.4, 0.5) is 15.8 Å². The number of sulfonamides is 2. The van der Waals surface area contributed by atoms with Gasteiger partial charge in [0.25, 0.3) is 0 Å². The molecule has 0 saturated carbocycles. The van der Waals surface area contributed by atoms with Gasteiger partial charge in [-0.2, -0.15) is 0 Å². The van der Waals surface area contributed by atoms with E-state index in [-0.39, 0.29) is 29.6 Å². The molecule has 0 spiro atoms. The van der Waals surface area contributed by atoms with Crippen molar-refractivity contribution in [1.82, 2.24) is 4.31 Å². The van der Waals surface area contributed by atoms with Gasteiger partial charge in [0.2, 0.25) is 26.0 Å². The van der Waals surface area contributed by atoms with Crippen LogP contribution in [0.1, 0.15) is 18.4 Å². The summed E-state index contributed by atoms with van der Waals surface area (Å²) in [5.74, 6) is -1.91. The van der Waals surface area contributed by atoms with E-state index in [0.29, 0.717) is 24.2 Å². The van der Waals surface area contributed by atoms with Crippen molar-refractivity contribution in [3.8, 4) is 0 Å². The van der Waals surface area contributed by atoms with Crippen molar-refractivity contribution in [3.63, 3.8) is 0 Å². The number of nitrogens with one attached hydrogen (secondary N) is 1. The van der Waals surface area contributed by atoms with Gasteiger partial charge < -0.3 is 5.32 Å². The molecule has 1 heterocycles. The van der Waals surface area contributed by atoms with E-state index in [0.717, 1.165) is 16.6 Å². The molecular formula is C21H25ClFN3O5S2. The Kier molecular flexibility index (Phi) is 7.67. The average molecular weight is 518 g/mol. The number of carbonyl (C=O) groups is 1. The Hall–Kier alpha value is -2.21. The molecule has 2 aromatic rings. The predicted octanol–water partition coefficient (Wildman–Crippen LogP) is 3.06. The van der Waals surface area contributed by atoms with Crippen LogP contribution in [-0.2, 0) is 30.6 Å². The second-order valence-corrected chi connectivity index (χ2v) is 12.3. The van der Waals surface area contributed by atoms with Crippen molar-refractivity contribution in [1.29, 1.82) is 0 Å². The highest BCUT2D eigenvalue weighted by Gasteiger charge is 2.32. The predicted molar refractivity (Wildman–Crippen MR) is 127 cm³/mol. The molecule has 1 aliphatic heterocycles. The lowest BCUT2D eigenvalue weighted by molar-refractivity contribution is -0.120. The van der Waals surface area contributed by atoms with E-state index in [2.05, 4.69) is 5.32 Å². The molecule has 1 aliphatic rings. The lowest BCUT2D eigenvalue weighted by Crippen LogP contribution is -2.42. The number of hydrogen-bond donors (Lipinski definition) is 1. The van der Waals surface area contributed by atoms with Gasteiger partial charge in [-0.15, -0.1) is 0 Å². The van der Waals surface area contributed by atoms with Crippen molar-refractivity contribution in [2.75, 3.05) is 36.0 Å². The van der Waals surface area contributed by atoms with Gasteiger partial charge in [-0.25, -0.2) is 25.5 Å². The fraction of sp³-hybridized carbons (Fsp3) is 0.381. The summed E-state index contributed by atoms with van der Waals surface area (Å²) in [7, 11) is -5.83. The largest absolute Gasteiger partial charge is 0.326 e. The number of amides is 1. The van der Waals surface area contributed by atoms with E-state index >= 15 is 0 Å². The van der Waals surface area contributed by atoms with Gasteiger partial charge in [-0.3, -0.25) is 9.10 Å². The topological polar surface area (TPSA) is 104 Å². The van der Waals surface area contributed by atoms with Crippen LogP contribution in [0.15, 0.2) is 42.5 Å². The molecule has 33 heavy (non-hydrogen) atoms. The third-order valence-electron chi connectivity index (χ3n) is 5.58. The SMILES string of the molecule is CN(c1cccc(NC(=O)C2CCN(S(=O)(=O)Cc3c(F)cccc3Cl)CC2)c1)S(C)(=O)=O. The van der Waals surface area contributed by atoms with E-state index in [1.54, 1.807) is 24.3 Å². The number of benzene rings is 2. The molecule has 3 rings (SSSR count). The summed E-state index contributed by atoms with van der Waals surface area (Å²) in [4.78, 5) is 12.7. The van der Waals surface area contributed by atoms with Gasteiger partial charge >= 0.3 is 0 Å². The number of nitrogens with zero attached hydrogens (tertiary/aromatic N) is 2. The molecule has 180 valence electrons. The Bertz CT molecular complexity index is 1230. The van der Waals surface area contributed by atoms with Crippen LogP contribution < -0.4 is 9.62 Å². The molecule has 1 amide bonds. The summed E-state index contributed by atoms with van der Waals surface area (Å²) in [6, 6.07) is 10.5. The van der Waals surface area contributed by atoms with Gasteiger partial charge in [0.1, 0.15) is 5.82 Å². The molecule has 0 aromatic heterocycles. The molecule has 8 nitrogen and oxygen atoms in total. The number of rotatable bonds is 7. The van der Waals surface area contributed by atoms with Crippen LogP contribution in [0.2, 0.25) is 5.02 Å². The average Bonchev–Trinajstić information content (AvgIpc) is 2.75. The molecular weight excluding hydrogens is 493 g/mol. The Morgan fingerprint density at radius 3 is 2.39 bits per heavy atom. The summed E-state index contributed by atoms with van der Waals surface area (Å²) < 4.78 is 65.3. The molecule has 1 saturated heterocycles. The molecule has 1 N–H and O–H groups in total. The monoisotopic (exact) mass is 517 g/mol. The first-order chi connectivity index (χ1) is 15.4. The first-order valence-corrected chi connectivity index (χ1v) is 14.0. The van der Waals surface area contributed by atoms with Crippen LogP contribution >= 0.6 is 11.6 Å². The fourth-order valence-corrected chi connectivity index (χ4v) is 5.97. The first kappa shape index (κ1) is 25.4. The van der Waals surface area contributed by atoms with Crippen LogP contribution in [0, 0.1) is 11.7 Å². The number of carbonyl (C=O) groups excluding carboxylic acids is 1. The minimum Gasteiger partial charge on any atom is -0.326 e. The van der Waals surface area contributed by atoms with Gasteiger partial charge in [-0.1, -0.05) is 23.7 Å². The molecule has 0 bridgehead atoms. The van der Waals surface area contributed by atoms with Crippen LogP contribution in [0.3, 0.4) is 0 Å². The number of anilines is 2. The maximum atomic E-state index is 14.0. The normalized spacial score (nSPS) is 15.9. The van der Waals surface area contributed by atoms with E-state index in [1.807, 2.05) is 0 Å². The lowest BCUT2D eigenvalue weighted by Gasteiger charge is -2.30. The highest BCUT2D eigenvalue weighted by molar-refractivity contribution is 7.92. The highest BCUT2D eigenvalue weighted by atomic mass is 35.5. The van der Waals surface area contributed by atoms with Crippen molar-refractivity contribution in [2.45, 2.75) is 18.6 Å². The van der Waals surface area contributed by atoms with Gasteiger partial charge in [0.15, 0.2) is 0 Å². The minimum absolute atomic E-state index is 0.0524. The molecule has 0 aliphatic carbocycles. The van der Waals surface area contributed by atoms with E-state index in [4.69, 9.17) is 11.6 Å². The fourth-order valence-electron chi connectivity index (χ4n) is 3.56. The maximum Gasteiger partial charge on any atom is 0.231 e. The zero-order valence-electron chi connectivity index (χ0n) is 18.2. The quantitative estimate of drug-likeness (QED) is 0.608. The third kappa shape index (κ3) is 6.23. The molecule has 0 radical (unpaired) electrons. The van der Waals surface area contributed by atoms with Crippen LogP contribution in [0.5, 0.6) is 0 Å². The van der Waals surface area contributed by atoms with Gasteiger partial charge in [-0.05, 0) is 43.2 Å². The van der Waals surface area contributed by atoms with E-state index < -0.39 is 37.5 Å². The third-order valence-corrected chi connectivity index (χ3v) is 8.95. The first-order valence-electron chi connectivity index (χ1n) is 10.1. The zero-order valence-corrected chi connectivity index (χ0v) is 20.6. The van der Waals surface area contributed by atoms with Gasteiger partial charge in [0.05, 0.1) is 17.7 Å². The lowest BCUT2D eigenvalue weighted by atomic mass is 9.97. The zero-order chi connectivity index (χ0) is 24.4. The minimum atomic E-state index is -3.80. The summed E-state index contributed by atoms with van der Waals surface area (Å²) in [6.45, 7) is 0.257. The van der Waals surface area contributed by atoms with E-state index in [1.165, 1.54) is 23.5 Å². The maximum absolute atomic E-state index is 14.0. The Labute approximate surface area is 198 Å². The molecule has 2 aromatic carbocycles. The second-order valence-electron chi connectivity index (χ2n) is 7.90. The Morgan fingerprint density at radius 1 is 1.15 bits per heavy atom. The smallest absolute Gasteiger partial charge is 0.231 e.